The van der Waals surface area contributed by atoms with Gasteiger partial charge in [-0.1, -0.05) is 31.0 Å². The molecule has 0 saturated carbocycles. The van der Waals surface area contributed by atoms with Gasteiger partial charge in [-0.2, -0.15) is 0 Å². The van der Waals surface area contributed by atoms with Gasteiger partial charge in [0.05, 0.1) is 12.1 Å². The molecule has 0 amide bonds. The molecule has 0 bridgehead atoms. The van der Waals surface area contributed by atoms with E-state index in [0.717, 1.165) is 6.42 Å². The molecule has 3 N–H and O–H groups in total. The van der Waals surface area contributed by atoms with Crippen LogP contribution in [0, 0.1) is 12.7 Å². The first-order valence-corrected chi connectivity index (χ1v) is 5.75. The van der Waals surface area contributed by atoms with E-state index in [1.54, 1.807) is 19.1 Å². The Bertz CT molecular complexity index is 370. The van der Waals surface area contributed by atoms with Gasteiger partial charge in [0.15, 0.2) is 0 Å². The van der Waals surface area contributed by atoms with Crippen molar-refractivity contribution in [3.05, 3.63) is 34.1 Å². The topological polar surface area (TPSA) is 46.2 Å². The van der Waals surface area contributed by atoms with Crippen LogP contribution >= 0.6 is 11.6 Å². The van der Waals surface area contributed by atoms with Crippen molar-refractivity contribution in [1.29, 1.82) is 0 Å². The monoisotopic (exact) mass is 245 g/mol. The van der Waals surface area contributed by atoms with Crippen LogP contribution in [0.1, 0.15) is 36.9 Å². The molecule has 1 aromatic carbocycles. The smallest absolute Gasteiger partial charge is 0.132 e. The molecule has 0 radical (unpaired) electrons. The quantitative estimate of drug-likeness (QED) is 0.857. The molecule has 4 heteroatoms. The molecule has 2 nitrogen and oxygen atoms in total. The summed E-state index contributed by atoms with van der Waals surface area (Å²) in [5.41, 5.74) is 6.52. The van der Waals surface area contributed by atoms with Crippen LogP contribution in [0.15, 0.2) is 12.1 Å². The van der Waals surface area contributed by atoms with Crippen LogP contribution in [-0.2, 0) is 0 Å². The first-order chi connectivity index (χ1) is 7.49. The summed E-state index contributed by atoms with van der Waals surface area (Å²) in [5.74, 6) is -0.421. The zero-order valence-corrected chi connectivity index (χ0v) is 10.3. The van der Waals surface area contributed by atoms with Crippen LogP contribution in [0.3, 0.4) is 0 Å². The Morgan fingerprint density at radius 3 is 2.69 bits per heavy atom. The summed E-state index contributed by atoms with van der Waals surface area (Å²) < 4.78 is 13.8. The third kappa shape index (κ3) is 2.73. The van der Waals surface area contributed by atoms with Crippen LogP contribution in [0.4, 0.5) is 4.39 Å². The van der Waals surface area contributed by atoms with E-state index < -0.39 is 18.0 Å². The van der Waals surface area contributed by atoms with Gasteiger partial charge in [0, 0.05) is 10.6 Å². The molecule has 1 rings (SSSR count). The van der Waals surface area contributed by atoms with Gasteiger partial charge in [-0.3, -0.25) is 0 Å². The molecule has 2 atom stereocenters. The normalized spacial score (nSPS) is 14.9. The van der Waals surface area contributed by atoms with Gasteiger partial charge in [0.25, 0.3) is 0 Å². The molecule has 0 saturated heterocycles. The van der Waals surface area contributed by atoms with Gasteiger partial charge in [-0.15, -0.1) is 0 Å². The van der Waals surface area contributed by atoms with Crippen molar-refractivity contribution in [2.45, 2.75) is 38.8 Å². The van der Waals surface area contributed by atoms with Crippen molar-refractivity contribution in [3.63, 3.8) is 0 Å². The molecular weight excluding hydrogens is 229 g/mol. The fourth-order valence-electron chi connectivity index (χ4n) is 1.65. The van der Waals surface area contributed by atoms with Crippen molar-refractivity contribution in [2.75, 3.05) is 0 Å². The lowest BCUT2D eigenvalue weighted by Gasteiger charge is -2.21. The Balaban J connectivity index is 3.07. The third-order valence-electron chi connectivity index (χ3n) is 2.65. The second kappa shape index (κ2) is 5.62. The van der Waals surface area contributed by atoms with Gasteiger partial charge in [0.2, 0.25) is 0 Å². The standard InChI is InChI=1S/C12H17ClFNO/c1-3-4-9(16)12(15)10-8(13)6-5-7(2)11(10)14/h5-6,9,12,16H,3-4,15H2,1-2H3/t9-,12-/m1/s1. The van der Waals surface area contributed by atoms with Gasteiger partial charge in [-0.25, -0.2) is 4.39 Å². The molecule has 0 aliphatic heterocycles. The molecule has 0 heterocycles. The molecule has 16 heavy (non-hydrogen) atoms. The number of aryl methyl sites for hydroxylation is 1. The molecule has 1 aromatic rings. The number of hydrogen-bond donors (Lipinski definition) is 2. The minimum absolute atomic E-state index is 0.211. The van der Waals surface area contributed by atoms with Gasteiger partial charge in [-0.05, 0) is 25.0 Å². The van der Waals surface area contributed by atoms with Crippen molar-refractivity contribution < 1.29 is 9.50 Å². The number of hydrogen-bond acceptors (Lipinski definition) is 2. The first-order valence-electron chi connectivity index (χ1n) is 5.37. The fraction of sp³-hybridized carbons (Fsp3) is 0.500. The third-order valence-corrected chi connectivity index (χ3v) is 2.98. The lowest BCUT2D eigenvalue weighted by molar-refractivity contribution is 0.133. The highest BCUT2D eigenvalue weighted by Crippen LogP contribution is 2.29. The highest BCUT2D eigenvalue weighted by Gasteiger charge is 2.23. The predicted octanol–water partition coefficient (Wildman–Crippen LogP) is 2.95. The minimum atomic E-state index is -0.771. The largest absolute Gasteiger partial charge is 0.391 e. The average Bonchev–Trinajstić information content (AvgIpc) is 2.24. The van der Waals surface area contributed by atoms with Gasteiger partial charge >= 0.3 is 0 Å². The van der Waals surface area contributed by atoms with E-state index in [-0.39, 0.29) is 10.6 Å². The van der Waals surface area contributed by atoms with Crippen molar-refractivity contribution in [2.24, 2.45) is 5.73 Å². The second-order valence-electron chi connectivity index (χ2n) is 3.97. The molecule has 90 valence electrons. The molecule has 0 fully saturated rings. The van der Waals surface area contributed by atoms with E-state index in [1.807, 2.05) is 6.92 Å². The number of nitrogens with two attached hydrogens (primary N) is 1. The SMILES string of the molecule is CCC[C@@H](O)[C@@H](N)c1c(Cl)ccc(C)c1F. The Labute approximate surface area is 100 Å². The molecule has 0 spiro atoms. The number of aliphatic hydroxyl groups is 1. The number of rotatable bonds is 4. The molecule has 0 aliphatic rings. The Morgan fingerprint density at radius 2 is 2.12 bits per heavy atom. The van der Waals surface area contributed by atoms with Crippen LogP contribution in [-0.4, -0.2) is 11.2 Å². The highest BCUT2D eigenvalue weighted by atomic mass is 35.5. The van der Waals surface area contributed by atoms with Gasteiger partial charge < -0.3 is 10.8 Å². The molecule has 0 aliphatic carbocycles. The molecule has 0 aromatic heterocycles. The zero-order valence-electron chi connectivity index (χ0n) is 9.50. The summed E-state index contributed by atoms with van der Waals surface area (Å²) in [6, 6.07) is 2.43. The Hall–Kier alpha value is -0.640. The van der Waals surface area contributed by atoms with Crippen molar-refractivity contribution in [1.82, 2.24) is 0 Å². The number of benzene rings is 1. The van der Waals surface area contributed by atoms with Crippen LogP contribution in [0.25, 0.3) is 0 Å². The maximum absolute atomic E-state index is 13.8. The van der Waals surface area contributed by atoms with Crippen LogP contribution in [0.5, 0.6) is 0 Å². The Morgan fingerprint density at radius 1 is 1.50 bits per heavy atom. The summed E-state index contributed by atoms with van der Waals surface area (Å²) in [6.45, 7) is 3.58. The maximum atomic E-state index is 13.8. The van der Waals surface area contributed by atoms with E-state index in [4.69, 9.17) is 17.3 Å². The molecule has 0 unspecified atom stereocenters. The second-order valence-corrected chi connectivity index (χ2v) is 4.38. The van der Waals surface area contributed by atoms with E-state index in [2.05, 4.69) is 0 Å². The number of halogens is 2. The fourth-order valence-corrected chi connectivity index (χ4v) is 1.92. The summed E-state index contributed by atoms with van der Waals surface area (Å²) in [4.78, 5) is 0. The Kier molecular flexibility index (Phi) is 4.71. The summed E-state index contributed by atoms with van der Waals surface area (Å²) in [6.07, 6.45) is 0.559. The van der Waals surface area contributed by atoms with E-state index in [0.29, 0.717) is 12.0 Å². The maximum Gasteiger partial charge on any atom is 0.132 e. The first kappa shape index (κ1) is 13.4. The van der Waals surface area contributed by atoms with Crippen LogP contribution in [0.2, 0.25) is 5.02 Å². The van der Waals surface area contributed by atoms with E-state index >= 15 is 0 Å². The highest BCUT2D eigenvalue weighted by molar-refractivity contribution is 6.31. The summed E-state index contributed by atoms with van der Waals surface area (Å²) in [5, 5.41) is 10.0. The molecular formula is C12H17ClFNO. The lowest BCUT2D eigenvalue weighted by Crippen LogP contribution is -2.27. The van der Waals surface area contributed by atoms with Crippen molar-refractivity contribution in [3.8, 4) is 0 Å². The van der Waals surface area contributed by atoms with Gasteiger partial charge in [0.1, 0.15) is 5.82 Å². The van der Waals surface area contributed by atoms with E-state index in [9.17, 15) is 9.50 Å². The summed E-state index contributed by atoms with van der Waals surface area (Å²) >= 11 is 5.91. The van der Waals surface area contributed by atoms with Crippen LogP contribution < -0.4 is 5.73 Å². The lowest BCUT2D eigenvalue weighted by atomic mass is 9.97. The van der Waals surface area contributed by atoms with E-state index in [1.165, 1.54) is 0 Å². The zero-order chi connectivity index (χ0) is 12.3. The average molecular weight is 246 g/mol. The summed E-state index contributed by atoms with van der Waals surface area (Å²) in [7, 11) is 0. The van der Waals surface area contributed by atoms with Crippen molar-refractivity contribution >= 4 is 11.6 Å². The predicted molar refractivity (Wildman–Crippen MR) is 64.0 cm³/mol. The number of aliphatic hydroxyl groups excluding tert-OH is 1. The minimum Gasteiger partial charge on any atom is -0.391 e.